The Morgan fingerprint density at radius 3 is 2.71 bits per heavy atom. The number of ketones is 1. The number of esters is 1. The highest BCUT2D eigenvalue weighted by molar-refractivity contribution is 5.98. The van der Waals surface area contributed by atoms with Gasteiger partial charge in [0, 0.05) is 6.42 Å². The lowest BCUT2D eigenvalue weighted by atomic mass is 9.62. The molecule has 1 aromatic carbocycles. The maximum Gasteiger partial charge on any atom is 0.320 e. The van der Waals surface area contributed by atoms with Crippen molar-refractivity contribution in [3.05, 3.63) is 41.0 Å². The zero-order valence-electron chi connectivity index (χ0n) is 12.3. The topological polar surface area (TPSA) is 52.6 Å². The van der Waals surface area contributed by atoms with E-state index in [9.17, 15) is 9.59 Å². The zero-order valence-corrected chi connectivity index (χ0v) is 12.3. The average Bonchev–Trinajstić information content (AvgIpc) is 2.53. The minimum atomic E-state index is -0.789. The first kappa shape index (κ1) is 13.9. The second kappa shape index (κ2) is 5.02. The maximum absolute atomic E-state index is 12.5. The molecule has 4 heteroatoms. The Bertz CT molecular complexity index is 644. The van der Waals surface area contributed by atoms with Gasteiger partial charge in [-0.2, -0.15) is 0 Å². The highest BCUT2D eigenvalue weighted by Gasteiger charge is 2.49. The van der Waals surface area contributed by atoms with Gasteiger partial charge in [-0.25, -0.2) is 0 Å². The molecule has 0 aliphatic heterocycles. The van der Waals surface area contributed by atoms with Crippen molar-refractivity contribution >= 4 is 11.8 Å². The Balaban J connectivity index is 2.21. The molecule has 3 rings (SSSR count). The van der Waals surface area contributed by atoms with E-state index in [1.54, 1.807) is 13.2 Å². The van der Waals surface area contributed by atoms with Crippen LogP contribution in [0.3, 0.4) is 0 Å². The average molecular weight is 286 g/mol. The number of aryl methyl sites for hydroxylation is 1. The Kier molecular flexibility index (Phi) is 3.32. The lowest BCUT2D eigenvalue weighted by molar-refractivity contribution is -0.147. The summed E-state index contributed by atoms with van der Waals surface area (Å²) in [6, 6.07) is 5.78. The number of hydrogen-bond acceptors (Lipinski definition) is 4. The number of allylic oxidation sites excluding steroid dienone is 1. The summed E-state index contributed by atoms with van der Waals surface area (Å²) in [5.41, 5.74) is 2.16. The molecule has 0 heterocycles. The largest absolute Gasteiger partial charge is 0.497 e. The number of ether oxygens (including phenoxy) is 2. The Labute approximate surface area is 123 Å². The highest BCUT2D eigenvalue weighted by Crippen LogP contribution is 2.48. The number of benzene rings is 1. The van der Waals surface area contributed by atoms with Crippen LogP contribution in [0.5, 0.6) is 5.75 Å². The smallest absolute Gasteiger partial charge is 0.320 e. The van der Waals surface area contributed by atoms with Gasteiger partial charge in [0.05, 0.1) is 14.2 Å². The molecular weight excluding hydrogens is 268 g/mol. The summed E-state index contributed by atoms with van der Waals surface area (Å²) in [6.45, 7) is 0. The third-order valence-electron chi connectivity index (χ3n) is 4.60. The summed E-state index contributed by atoms with van der Waals surface area (Å²) in [7, 11) is 3.04. The van der Waals surface area contributed by atoms with Crippen LogP contribution in [0.25, 0.3) is 0 Å². The van der Waals surface area contributed by atoms with E-state index in [4.69, 9.17) is 9.47 Å². The van der Waals surface area contributed by atoms with Crippen LogP contribution in [0.15, 0.2) is 29.8 Å². The number of hydrogen-bond donors (Lipinski definition) is 0. The van der Waals surface area contributed by atoms with Gasteiger partial charge >= 0.3 is 5.97 Å². The number of carbonyl (C=O) groups is 2. The predicted octanol–water partition coefficient (Wildman–Crippen LogP) is 2.34. The van der Waals surface area contributed by atoms with Gasteiger partial charge in [0.15, 0.2) is 5.78 Å². The van der Waals surface area contributed by atoms with Crippen molar-refractivity contribution in [1.29, 1.82) is 0 Å². The monoisotopic (exact) mass is 286 g/mol. The molecule has 4 nitrogen and oxygen atoms in total. The van der Waals surface area contributed by atoms with Crippen LogP contribution in [-0.4, -0.2) is 26.0 Å². The van der Waals surface area contributed by atoms with Crippen molar-refractivity contribution in [3.63, 3.8) is 0 Å². The van der Waals surface area contributed by atoms with E-state index in [0.29, 0.717) is 19.3 Å². The van der Waals surface area contributed by atoms with E-state index in [0.717, 1.165) is 28.9 Å². The molecule has 0 bridgehead atoms. The van der Waals surface area contributed by atoms with Crippen LogP contribution in [-0.2, 0) is 26.2 Å². The van der Waals surface area contributed by atoms with Crippen molar-refractivity contribution in [2.45, 2.75) is 31.1 Å². The number of carbonyl (C=O) groups excluding carboxylic acids is 2. The van der Waals surface area contributed by atoms with Crippen molar-refractivity contribution < 1.29 is 19.1 Å². The van der Waals surface area contributed by atoms with E-state index in [1.165, 1.54) is 7.11 Å². The fourth-order valence-corrected chi connectivity index (χ4v) is 3.56. The molecule has 110 valence electrons. The first-order valence-corrected chi connectivity index (χ1v) is 7.11. The molecule has 1 unspecified atom stereocenters. The molecule has 21 heavy (non-hydrogen) atoms. The summed E-state index contributed by atoms with van der Waals surface area (Å²) in [5.74, 6) is 0.613. The third-order valence-corrected chi connectivity index (χ3v) is 4.60. The lowest BCUT2D eigenvalue weighted by Crippen LogP contribution is -2.44. The van der Waals surface area contributed by atoms with Crippen LogP contribution in [0, 0.1) is 0 Å². The third kappa shape index (κ3) is 1.97. The van der Waals surface area contributed by atoms with Gasteiger partial charge in [-0.15, -0.1) is 0 Å². The van der Waals surface area contributed by atoms with Crippen molar-refractivity contribution in [2.24, 2.45) is 0 Å². The molecule has 0 spiro atoms. The van der Waals surface area contributed by atoms with E-state index in [-0.39, 0.29) is 11.8 Å². The summed E-state index contributed by atoms with van der Waals surface area (Å²) < 4.78 is 10.3. The minimum absolute atomic E-state index is 0.0986. The number of fused-ring (bicyclic) bond motifs is 3. The van der Waals surface area contributed by atoms with E-state index >= 15 is 0 Å². The molecule has 2 aliphatic rings. The minimum Gasteiger partial charge on any atom is -0.497 e. The standard InChI is InChI=1S/C17H18O4/c1-20-14-5-6-15-11(9-14)3-4-12-10-13(18)7-8-17(12,15)16(19)21-2/h5-6,9-10H,3-4,7-8H2,1-2H3. The fourth-order valence-electron chi connectivity index (χ4n) is 3.56. The van der Waals surface area contributed by atoms with Gasteiger partial charge in [0.2, 0.25) is 0 Å². The van der Waals surface area contributed by atoms with Gasteiger partial charge in [0.25, 0.3) is 0 Å². The van der Waals surface area contributed by atoms with Gasteiger partial charge in [0.1, 0.15) is 11.2 Å². The van der Waals surface area contributed by atoms with E-state index in [1.807, 2.05) is 18.2 Å². The van der Waals surface area contributed by atoms with Crippen molar-refractivity contribution in [3.8, 4) is 5.75 Å². The normalized spacial score (nSPS) is 23.7. The molecule has 0 N–H and O–H groups in total. The summed E-state index contributed by atoms with van der Waals surface area (Å²) in [4.78, 5) is 24.3. The summed E-state index contributed by atoms with van der Waals surface area (Å²) in [6.07, 6.45) is 4.03. The fraction of sp³-hybridized carbons (Fsp3) is 0.412. The van der Waals surface area contributed by atoms with Crippen LogP contribution in [0.4, 0.5) is 0 Å². The van der Waals surface area contributed by atoms with Crippen LogP contribution < -0.4 is 4.74 Å². The zero-order chi connectivity index (χ0) is 15.0. The molecule has 0 fully saturated rings. The lowest BCUT2D eigenvalue weighted by Gasteiger charge is -2.41. The number of rotatable bonds is 2. The van der Waals surface area contributed by atoms with Gasteiger partial charge in [-0.3, -0.25) is 9.59 Å². The quantitative estimate of drug-likeness (QED) is 0.783. The second-order valence-electron chi connectivity index (χ2n) is 5.56. The molecule has 0 radical (unpaired) electrons. The van der Waals surface area contributed by atoms with Crippen LogP contribution in [0.1, 0.15) is 30.4 Å². The molecule has 0 aromatic heterocycles. The first-order valence-electron chi connectivity index (χ1n) is 7.11. The second-order valence-corrected chi connectivity index (χ2v) is 5.56. The Hall–Kier alpha value is -2.10. The van der Waals surface area contributed by atoms with E-state index < -0.39 is 5.41 Å². The van der Waals surface area contributed by atoms with Crippen LogP contribution >= 0.6 is 0 Å². The van der Waals surface area contributed by atoms with E-state index in [2.05, 4.69) is 0 Å². The first-order chi connectivity index (χ1) is 10.1. The maximum atomic E-state index is 12.5. The summed E-state index contributed by atoms with van der Waals surface area (Å²) >= 11 is 0. The SMILES string of the molecule is COC(=O)C12CCC(=O)C=C1CCc1cc(OC)ccc12. The molecule has 0 saturated carbocycles. The van der Waals surface area contributed by atoms with Crippen molar-refractivity contribution in [2.75, 3.05) is 14.2 Å². The van der Waals surface area contributed by atoms with Gasteiger partial charge < -0.3 is 9.47 Å². The molecule has 0 saturated heterocycles. The number of methoxy groups -OCH3 is 2. The highest BCUT2D eigenvalue weighted by atomic mass is 16.5. The summed E-state index contributed by atoms with van der Waals surface area (Å²) in [5, 5.41) is 0. The Morgan fingerprint density at radius 1 is 1.19 bits per heavy atom. The van der Waals surface area contributed by atoms with Gasteiger partial charge in [-0.05, 0) is 54.2 Å². The van der Waals surface area contributed by atoms with Crippen LogP contribution in [0.2, 0.25) is 0 Å². The molecule has 2 aliphatic carbocycles. The molecule has 1 atom stereocenters. The van der Waals surface area contributed by atoms with Gasteiger partial charge in [-0.1, -0.05) is 6.07 Å². The molecule has 0 amide bonds. The molecule has 1 aromatic rings. The van der Waals surface area contributed by atoms with Crippen molar-refractivity contribution in [1.82, 2.24) is 0 Å². The molecular formula is C17H18O4. The predicted molar refractivity (Wildman–Crippen MR) is 77.3 cm³/mol. The Morgan fingerprint density at radius 2 is 2.00 bits per heavy atom.